The Kier molecular flexibility index (Phi) is 4.61. The highest BCUT2D eigenvalue weighted by atomic mass is 19.4. The fraction of sp³-hybridized carbons (Fsp3) is 0.235. The third-order valence-electron chi connectivity index (χ3n) is 4.36. The van der Waals surface area contributed by atoms with E-state index in [-0.39, 0.29) is 18.8 Å². The van der Waals surface area contributed by atoms with Gasteiger partial charge in [-0.1, -0.05) is 12.1 Å². The molecule has 146 valence electrons. The van der Waals surface area contributed by atoms with Gasteiger partial charge >= 0.3 is 6.18 Å². The van der Waals surface area contributed by atoms with Crippen LogP contribution in [0.1, 0.15) is 28.7 Å². The Hall–Kier alpha value is -3.18. The minimum Gasteiger partial charge on any atom is -0.372 e. The van der Waals surface area contributed by atoms with Crippen molar-refractivity contribution in [2.24, 2.45) is 0 Å². The van der Waals surface area contributed by atoms with Gasteiger partial charge in [0.2, 0.25) is 0 Å². The summed E-state index contributed by atoms with van der Waals surface area (Å²) < 4.78 is 38.6. The van der Waals surface area contributed by atoms with Crippen molar-refractivity contribution in [2.45, 2.75) is 25.5 Å². The Morgan fingerprint density at radius 3 is 2.79 bits per heavy atom. The number of nitrogens with zero attached hydrogens (tertiary/aromatic N) is 4. The number of H-pyrrole nitrogens is 3. The first kappa shape index (κ1) is 18.2. The van der Waals surface area contributed by atoms with Gasteiger partial charge in [-0.15, -0.1) is 0 Å². The fourth-order valence-corrected chi connectivity index (χ4v) is 3.01. The first-order valence-electron chi connectivity index (χ1n) is 8.35. The first-order valence-corrected chi connectivity index (χ1v) is 8.35. The van der Waals surface area contributed by atoms with Crippen molar-refractivity contribution >= 4 is 11.0 Å². The van der Waals surface area contributed by atoms with E-state index in [0.29, 0.717) is 0 Å². The van der Waals surface area contributed by atoms with E-state index in [9.17, 15) is 18.3 Å². The number of alkyl halides is 3. The van der Waals surface area contributed by atoms with E-state index in [1.165, 1.54) is 0 Å². The van der Waals surface area contributed by atoms with Crippen molar-refractivity contribution < 1.29 is 18.3 Å². The predicted octanol–water partition coefficient (Wildman–Crippen LogP) is 2.72. The summed E-state index contributed by atoms with van der Waals surface area (Å²) in [7, 11) is 0. The van der Waals surface area contributed by atoms with Gasteiger partial charge in [0.25, 0.3) is 0 Å². The molecule has 1 aromatic carbocycles. The molecule has 4 aromatic rings. The molecule has 28 heavy (non-hydrogen) atoms. The third-order valence-corrected chi connectivity index (χ3v) is 4.36. The van der Waals surface area contributed by atoms with Crippen LogP contribution in [-0.2, 0) is 19.3 Å². The second-order valence-electron chi connectivity index (χ2n) is 6.31. The molecule has 0 aliphatic heterocycles. The normalized spacial score (nSPS) is 13.5. The maximum Gasteiger partial charge on any atom is 0.435 e. The van der Waals surface area contributed by atoms with E-state index in [4.69, 9.17) is 0 Å². The molecule has 1 unspecified atom stereocenters. The molecule has 1 atom stereocenters. The maximum atomic E-state index is 12.9. The zero-order valence-electron chi connectivity index (χ0n) is 14.4. The average Bonchev–Trinajstić information content (AvgIpc) is 3.40. The largest absolute Gasteiger partial charge is 0.435 e. The van der Waals surface area contributed by atoms with E-state index in [1.807, 2.05) is 18.2 Å². The summed E-state index contributed by atoms with van der Waals surface area (Å²) in [6, 6.07) is 6.37. The molecule has 3 aromatic heterocycles. The number of aliphatic hydroxyl groups is 1. The summed E-state index contributed by atoms with van der Waals surface area (Å²) in [6.07, 6.45) is -1.13. The number of aliphatic hydroxyl groups excluding tert-OH is 1. The highest BCUT2D eigenvalue weighted by Gasteiger charge is 2.35. The van der Waals surface area contributed by atoms with Crippen LogP contribution in [0.4, 0.5) is 13.2 Å². The molecule has 0 spiro atoms. The minimum absolute atomic E-state index is 0.0509. The van der Waals surface area contributed by atoms with Crippen LogP contribution < -0.4 is 0 Å². The lowest BCUT2D eigenvalue weighted by molar-refractivity contribution is -0.141. The molecule has 0 aliphatic carbocycles. The van der Waals surface area contributed by atoms with Gasteiger partial charge in [0.15, 0.2) is 11.9 Å². The number of aromatic nitrogens is 6. The lowest BCUT2D eigenvalue weighted by Gasteiger charge is -2.26. The lowest BCUT2D eigenvalue weighted by Crippen LogP contribution is -2.28. The number of halogens is 3. The number of benzene rings is 1. The maximum absolute atomic E-state index is 12.9. The average molecular weight is 391 g/mol. The van der Waals surface area contributed by atoms with E-state index in [1.54, 1.807) is 23.6 Å². The number of rotatable bonds is 6. The van der Waals surface area contributed by atoms with Crippen LogP contribution >= 0.6 is 0 Å². The van der Waals surface area contributed by atoms with Gasteiger partial charge in [-0.25, -0.2) is 4.98 Å². The summed E-state index contributed by atoms with van der Waals surface area (Å²) in [5, 5.41) is 22.9. The molecule has 0 bridgehead atoms. The summed E-state index contributed by atoms with van der Waals surface area (Å²) in [6.45, 7) is 0.494. The lowest BCUT2D eigenvalue weighted by atomic mass is 10.1. The van der Waals surface area contributed by atoms with Gasteiger partial charge in [-0.3, -0.25) is 15.1 Å². The number of fused-ring (bicyclic) bond motifs is 1. The van der Waals surface area contributed by atoms with Gasteiger partial charge in [0, 0.05) is 24.8 Å². The molecule has 0 amide bonds. The molecule has 8 nitrogen and oxygen atoms in total. The van der Waals surface area contributed by atoms with Crippen LogP contribution in [0, 0.1) is 0 Å². The third kappa shape index (κ3) is 3.62. The van der Waals surface area contributed by atoms with Crippen LogP contribution in [0.15, 0.2) is 43.0 Å². The molecule has 0 aliphatic rings. The smallest absolute Gasteiger partial charge is 0.372 e. The number of imidazole rings is 1. The SMILES string of the molecule is OC(c1cc(C(F)(F)F)n[nH]1)N(Cc1cn[nH]c1)Cc1cccc2[nH]cnc12. The van der Waals surface area contributed by atoms with Crippen LogP contribution in [0.3, 0.4) is 0 Å². The topological polar surface area (TPSA) is 110 Å². The Labute approximate surface area is 156 Å². The van der Waals surface area contributed by atoms with E-state index in [2.05, 4.69) is 30.4 Å². The van der Waals surface area contributed by atoms with Crippen LogP contribution in [-0.4, -0.2) is 40.4 Å². The van der Waals surface area contributed by atoms with Crippen molar-refractivity contribution in [3.8, 4) is 0 Å². The Bertz CT molecular complexity index is 1050. The van der Waals surface area contributed by atoms with Crippen molar-refractivity contribution in [1.29, 1.82) is 0 Å². The monoisotopic (exact) mass is 391 g/mol. The molecule has 0 radical (unpaired) electrons. The highest BCUT2D eigenvalue weighted by Crippen LogP contribution is 2.30. The quantitative estimate of drug-likeness (QED) is 0.378. The van der Waals surface area contributed by atoms with E-state index < -0.39 is 18.1 Å². The summed E-state index contributed by atoms with van der Waals surface area (Å²) in [5.41, 5.74) is 2.01. The zero-order chi connectivity index (χ0) is 19.7. The standard InChI is InChI=1S/C17H16F3N7O/c18-17(19,20)14-4-13(25-26-14)16(28)27(7-10-5-23-24-6-10)8-11-2-1-3-12-15(11)22-9-21-12/h1-6,9,16,28H,7-8H2,(H,21,22)(H,23,24)(H,25,26). The van der Waals surface area contributed by atoms with Gasteiger partial charge in [0.1, 0.15) is 0 Å². The van der Waals surface area contributed by atoms with Crippen LogP contribution in [0.25, 0.3) is 11.0 Å². The zero-order valence-corrected chi connectivity index (χ0v) is 14.4. The Balaban J connectivity index is 1.65. The van der Waals surface area contributed by atoms with Gasteiger partial charge < -0.3 is 10.1 Å². The summed E-state index contributed by atoms with van der Waals surface area (Å²) in [5.74, 6) is 0. The first-order chi connectivity index (χ1) is 13.4. The molecule has 0 fully saturated rings. The van der Waals surface area contributed by atoms with Crippen molar-refractivity contribution in [3.05, 3.63) is 65.5 Å². The second kappa shape index (κ2) is 7.09. The van der Waals surface area contributed by atoms with Crippen molar-refractivity contribution in [1.82, 2.24) is 35.3 Å². The Morgan fingerprint density at radius 1 is 1.21 bits per heavy atom. The number of hydrogen-bond acceptors (Lipinski definition) is 5. The molecular weight excluding hydrogens is 375 g/mol. The summed E-state index contributed by atoms with van der Waals surface area (Å²) >= 11 is 0. The minimum atomic E-state index is -4.59. The van der Waals surface area contributed by atoms with Crippen molar-refractivity contribution in [3.63, 3.8) is 0 Å². The van der Waals surface area contributed by atoms with Crippen LogP contribution in [0.2, 0.25) is 0 Å². The van der Waals surface area contributed by atoms with Gasteiger partial charge in [-0.2, -0.15) is 23.4 Å². The number of para-hydroxylation sites is 1. The Morgan fingerprint density at radius 2 is 2.07 bits per heavy atom. The molecule has 3 heterocycles. The van der Waals surface area contributed by atoms with Crippen LogP contribution in [0.5, 0.6) is 0 Å². The number of aromatic amines is 3. The van der Waals surface area contributed by atoms with Gasteiger partial charge in [0.05, 0.1) is 29.3 Å². The van der Waals surface area contributed by atoms with Gasteiger partial charge in [-0.05, 0) is 17.7 Å². The number of nitrogens with one attached hydrogen (secondary N) is 3. The molecule has 0 saturated carbocycles. The highest BCUT2D eigenvalue weighted by molar-refractivity contribution is 5.78. The molecule has 11 heteroatoms. The van der Waals surface area contributed by atoms with E-state index >= 15 is 0 Å². The molecule has 4 rings (SSSR count). The second-order valence-corrected chi connectivity index (χ2v) is 6.31. The molecule has 0 saturated heterocycles. The number of hydrogen-bond donors (Lipinski definition) is 4. The fourth-order valence-electron chi connectivity index (χ4n) is 3.01. The molecule has 4 N–H and O–H groups in total. The van der Waals surface area contributed by atoms with E-state index in [0.717, 1.165) is 28.2 Å². The van der Waals surface area contributed by atoms with Crippen molar-refractivity contribution in [2.75, 3.05) is 0 Å². The molecular formula is C17H16F3N7O. The summed E-state index contributed by atoms with van der Waals surface area (Å²) in [4.78, 5) is 8.90. The predicted molar refractivity (Wildman–Crippen MR) is 92.5 cm³/mol.